The van der Waals surface area contributed by atoms with E-state index in [0.717, 1.165) is 60.2 Å². The summed E-state index contributed by atoms with van der Waals surface area (Å²) in [6.45, 7) is 3.65. The van der Waals surface area contributed by atoms with Gasteiger partial charge in [0.25, 0.3) is 11.8 Å². The number of nitriles is 1. The number of methoxy groups -OCH3 is 1. The highest BCUT2D eigenvalue weighted by Gasteiger charge is 2.40. The number of para-hydroxylation sites is 1. The van der Waals surface area contributed by atoms with Gasteiger partial charge in [0.1, 0.15) is 17.4 Å². The van der Waals surface area contributed by atoms with E-state index >= 15 is 0 Å². The lowest BCUT2D eigenvalue weighted by molar-refractivity contribution is -0.143. The molecule has 2 aromatic carbocycles. The number of nitrogens with zero attached hydrogens (tertiary/aromatic N) is 4. The molecule has 1 fully saturated rings. The van der Waals surface area contributed by atoms with Crippen LogP contribution in [-0.4, -0.2) is 39.6 Å². The van der Waals surface area contributed by atoms with Crippen molar-refractivity contribution >= 4 is 17.9 Å². The van der Waals surface area contributed by atoms with Gasteiger partial charge >= 0.3 is 0 Å². The molecule has 3 aromatic rings. The molecule has 0 N–H and O–H groups in total. The second kappa shape index (κ2) is 10.5. The average molecular weight is 507 g/mol. The van der Waals surface area contributed by atoms with E-state index < -0.39 is 5.91 Å². The van der Waals surface area contributed by atoms with Crippen molar-refractivity contribution in [3.8, 4) is 28.8 Å². The summed E-state index contributed by atoms with van der Waals surface area (Å²) in [7, 11) is 1.64. The topological polar surface area (TPSA) is 88.2 Å². The van der Waals surface area contributed by atoms with Gasteiger partial charge in [-0.15, -0.1) is 0 Å². The smallest absolute Gasteiger partial charge is 0.271 e. The third-order valence-electron chi connectivity index (χ3n) is 7.44. The molecule has 2 amide bonds. The molecule has 0 radical (unpaired) electrons. The monoisotopic (exact) mass is 506 g/mol. The SMILES string of the molecule is COc1ccc(-c2nn(-c3ccccc3)cc2/C=C2/C(=O)N(C3CCCCC3)C(=O)C(C#N)=C2C)cc1C. The fourth-order valence-electron chi connectivity index (χ4n) is 5.38. The molecular formula is C31H30N4O3. The van der Waals surface area contributed by atoms with Crippen molar-refractivity contribution in [2.75, 3.05) is 7.11 Å². The van der Waals surface area contributed by atoms with Gasteiger partial charge in [-0.1, -0.05) is 37.5 Å². The number of hydrogen-bond acceptors (Lipinski definition) is 5. The minimum atomic E-state index is -0.481. The van der Waals surface area contributed by atoms with E-state index in [0.29, 0.717) is 16.8 Å². The number of amides is 2. The Balaban J connectivity index is 1.67. The van der Waals surface area contributed by atoms with Crippen LogP contribution in [0.2, 0.25) is 0 Å². The summed E-state index contributed by atoms with van der Waals surface area (Å²) < 4.78 is 7.22. The van der Waals surface area contributed by atoms with Gasteiger partial charge in [-0.2, -0.15) is 10.4 Å². The van der Waals surface area contributed by atoms with Crippen molar-refractivity contribution in [3.05, 3.63) is 82.6 Å². The number of carbonyl (C=O) groups excluding carboxylic acids is 2. The fraction of sp³-hybridized carbons (Fsp3) is 0.290. The number of aryl methyl sites for hydroxylation is 1. The van der Waals surface area contributed by atoms with Crippen LogP contribution < -0.4 is 4.74 Å². The molecule has 1 aromatic heterocycles. The van der Waals surface area contributed by atoms with Gasteiger partial charge in [-0.25, -0.2) is 4.68 Å². The lowest BCUT2D eigenvalue weighted by Crippen LogP contribution is -2.49. The van der Waals surface area contributed by atoms with Gasteiger partial charge < -0.3 is 4.74 Å². The minimum Gasteiger partial charge on any atom is -0.496 e. The second-order valence-corrected chi connectivity index (χ2v) is 9.84. The maximum atomic E-state index is 13.8. The predicted molar refractivity (Wildman–Crippen MR) is 145 cm³/mol. The molecular weight excluding hydrogens is 476 g/mol. The van der Waals surface area contributed by atoms with Crippen molar-refractivity contribution < 1.29 is 14.3 Å². The van der Waals surface area contributed by atoms with E-state index in [4.69, 9.17) is 9.84 Å². The summed E-state index contributed by atoms with van der Waals surface area (Å²) in [5.74, 6) is -0.0505. The van der Waals surface area contributed by atoms with Crippen molar-refractivity contribution in [1.82, 2.24) is 14.7 Å². The van der Waals surface area contributed by atoms with Gasteiger partial charge in [0.2, 0.25) is 0 Å². The molecule has 7 nitrogen and oxygen atoms in total. The molecule has 1 aliphatic carbocycles. The predicted octanol–water partition coefficient (Wildman–Crippen LogP) is 5.78. The van der Waals surface area contributed by atoms with Gasteiger partial charge in [-0.05, 0) is 74.2 Å². The van der Waals surface area contributed by atoms with Crippen molar-refractivity contribution in [1.29, 1.82) is 5.26 Å². The van der Waals surface area contributed by atoms with Crippen LogP contribution in [0.5, 0.6) is 5.75 Å². The van der Waals surface area contributed by atoms with Crippen molar-refractivity contribution in [2.24, 2.45) is 0 Å². The third-order valence-corrected chi connectivity index (χ3v) is 7.44. The van der Waals surface area contributed by atoms with Crippen LogP contribution in [0.4, 0.5) is 0 Å². The maximum Gasteiger partial charge on any atom is 0.271 e. The van der Waals surface area contributed by atoms with E-state index in [1.807, 2.05) is 61.7 Å². The van der Waals surface area contributed by atoms with E-state index in [1.165, 1.54) is 4.90 Å². The van der Waals surface area contributed by atoms with Crippen LogP contribution >= 0.6 is 0 Å². The molecule has 0 atom stereocenters. The third kappa shape index (κ3) is 4.54. The average Bonchev–Trinajstić information content (AvgIpc) is 3.36. The Bertz CT molecular complexity index is 1500. The molecule has 2 aliphatic rings. The molecule has 0 unspecified atom stereocenters. The summed E-state index contributed by atoms with van der Waals surface area (Å²) in [5, 5.41) is 14.7. The number of ether oxygens (including phenoxy) is 1. The number of hydrogen-bond donors (Lipinski definition) is 0. The summed E-state index contributed by atoms with van der Waals surface area (Å²) in [5.41, 5.74) is 4.90. The van der Waals surface area contributed by atoms with Crippen LogP contribution in [-0.2, 0) is 9.59 Å². The molecule has 2 heterocycles. The number of aromatic nitrogens is 2. The Morgan fingerprint density at radius 2 is 1.76 bits per heavy atom. The first-order valence-corrected chi connectivity index (χ1v) is 12.9. The Morgan fingerprint density at radius 1 is 1.03 bits per heavy atom. The largest absolute Gasteiger partial charge is 0.496 e. The van der Waals surface area contributed by atoms with Gasteiger partial charge in [0.15, 0.2) is 0 Å². The van der Waals surface area contributed by atoms with Gasteiger partial charge in [-0.3, -0.25) is 14.5 Å². The quantitative estimate of drug-likeness (QED) is 0.323. The highest BCUT2D eigenvalue weighted by atomic mass is 16.5. The maximum absolute atomic E-state index is 13.8. The fourth-order valence-corrected chi connectivity index (χ4v) is 5.38. The molecule has 7 heteroatoms. The Hall–Kier alpha value is -4.44. The van der Waals surface area contributed by atoms with E-state index in [2.05, 4.69) is 6.07 Å². The number of rotatable bonds is 5. The molecule has 38 heavy (non-hydrogen) atoms. The minimum absolute atomic E-state index is 0.0266. The number of imide groups is 1. The lowest BCUT2D eigenvalue weighted by Gasteiger charge is -2.36. The highest BCUT2D eigenvalue weighted by Crippen LogP contribution is 2.35. The number of benzene rings is 2. The molecule has 0 spiro atoms. The van der Waals surface area contributed by atoms with E-state index in [-0.39, 0.29) is 17.5 Å². The summed E-state index contributed by atoms with van der Waals surface area (Å²) in [6, 6.07) is 17.5. The zero-order valence-corrected chi connectivity index (χ0v) is 21.9. The van der Waals surface area contributed by atoms with E-state index in [9.17, 15) is 14.9 Å². The second-order valence-electron chi connectivity index (χ2n) is 9.84. The molecule has 1 aliphatic heterocycles. The molecule has 1 saturated carbocycles. The summed E-state index contributed by atoms with van der Waals surface area (Å²) in [4.78, 5) is 28.4. The Labute approximate surface area is 222 Å². The first kappa shape index (κ1) is 25.2. The summed E-state index contributed by atoms with van der Waals surface area (Å²) >= 11 is 0. The van der Waals surface area contributed by atoms with Gasteiger partial charge in [0.05, 0.1) is 18.5 Å². The first-order chi connectivity index (χ1) is 18.4. The van der Waals surface area contributed by atoms with Crippen LogP contribution in [0.3, 0.4) is 0 Å². The zero-order valence-electron chi connectivity index (χ0n) is 21.9. The van der Waals surface area contributed by atoms with Crippen LogP contribution in [0, 0.1) is 18.3 Å². The van der Waals surface area contributed by atoms with E-state index in [1.54, 1.807) is 24.8 Å². The van der Waals surface area contributed by atoms with Crippen LogP contribution in [0.15, 0.2) is 71.4 Å². The highest BCUT2D eigenvalue weighted by molar-refractivity contribution is 6.20. The van der Waals surface area contributed by atoms with Gasteiger partial charge in [0, 0.05) is 28.9 Å². The molecule has 0 saturated heterocycles. The molecule has 0 bridgehead atoms. The standard InChI is InChI=1S/C31H30N4O3/c1-20-16-22(14-15-28(20)38-3)29-23(19-34(33-29)24-10-6-4-7-11-24)17-26-21(2)27(18-32)31(37)35(30(26)36)25-12-8-5-9-13-25/h4,6-7,10-11,14-17,19,25H,5,8-9,12-13H2,1-3H3/b26-17+. The summed E-state index contributed by atoms with van der Waals surface area (Å²) in [6.07, 6.45) is 8.23. The van der Waals surface area contributed by atoms with Crippen molar-refractivity contribution in [3.63, 3.8) is 0 Å². The normalized spacial score (nSPS) is 17.7. The lowest BCUT2D eigenvalue weighted by atomic mass is 9.88. The zero-order chi connectivity index (χ0) is 26.8. The van der Waals surface area contributed by atoms with Crippen LogP contribution in [0.25, 0.3) is 23.0 Å². The number of carbonyl (C=O) groups is 2. The Morgan fingerprint density at radius 3 is 2.42 bits per heavy atom. The first-order valence-electron chi connectivity index (χ1n) is 12.9. The Kier molecular flexibility index (Phi) is 6.97. The molecule has 192 valence electrons. The van der Waals surface area contributed by atoms with Crippen molar-refractivity contribution in [2.45, 2.75) is 52.0 Å². The molecule has 5 rings (SSSR count). The van der Waals surface area contributed by atoms with Crippen LogP contribution in [0.1, 0.15) is 50.2 Å².